The van der Waals surface area contributed by atoms with Crippen molar-refractivity contribution < 1.29 is 14.4 Å². The summed E-state index contributed by atoms with van der Waals surface area (Å²) in [6.45, 7) is 2.01. The van der Waals surface area contributed by atoms with Gasteiger partial charge in [0.15, 0.2) is 11.6 Å². The third kappa shape index (κ3) is 3.66. The fourth-order valence-electron chi connectivity index (χ4n) is 6.91. The molecule has 4 aromatic rings. The quantitative estimate of drug-likeness (QED) is 0.261. The number of aryl methyl sites for hydroxylation is 1. The Kier molecular flexibility index (Phi) is 5.93. The van der Waals surface area contributed by atoms with Gasteiger partial charge in [-0.1, -0.05) is 77.3 Å². The lowest BCUT2D eigenvalue weighted by atomic mass is 9.64. The average Bonchev–Trinajstić information content (AvgIpc) is 3.45. The van der Waals surface area contributed by atoms with E-state index in [9.17, 15) is 14.4 Å². The van der Waals surface area contributed by atoms with Gasteiger partial charge in [0.05, 0.1) is 17.0 Å². The second-order valence-electron chi connectivity index (χ2n) is 10.8. The van der Waals surface area contributed by atoms with E-state index < -0.39 is 23.4 Å². The summed E-state index contributed by atoms with van der Waals surface area (Å²) in [5.74, 6) is -2.03. The first-order chi connectivity index (χ1) is 19.8. The van der Waals surface area contributed by atoms with Crippen LogP contribution in [0.3, 0.4) is 0 Å². The number of ketones is 2. The minimum absolute atomic E-state index is 0.270. The molecule has 1 amide bonds. The number of rotatable bonds is 4. The predicted molar refractivity (Wildman–Crippen MR) is 162 cm³/mol. The van der Waals surface area contributed by atoms with Gasteiger partial charge in [-0.05, 0) is 72.6 Å². The van der Waals surface area contributed by atoms with E-state index in [2.05, 4.69) is 5.32 Å². The van der Waals surface area contributed by atoms with Gasteiger partial charge in [-0.25, -0.2) is 0 Å². The second kappa shape index (κ2) is 9.44. The summed E-state index contributed by atoms with van der Waals surface area (Å²) in [4.78, 5) is 45.8. The highest BCUT2D eigenvalue weighted by molar-refractivity contribution is 6.34. The van der Waals surface area contributed by atoms with Crippen LogP contribution in [-0.2, 0) is 10.2 Å². The van der Waals surface area contributed by atoms with Crippen molar-refractivity contribution in [3.8, 4) is 0 Å². The molecule has 202 valence electrons. The fraction of sp³-hybridized carbons (Fsp3) is 0.147. The summed E-state index contributed by atoms with van der Waals surface area (Å²) in [7, 11) is 0. The topological polar surface area (TPSA) is 66.5 Å². The minimum atomic E-state index is -1.39. The third-order valence-electron chi connectivity index (χ3n) is 8.61. The van der Waals surface area contributed by atoms with Gasteiger partial charge in [-0.3, -0.25) is 14.4 Å². The van der Waals surface area contributed by atoms with E-state index in [1.54, 1.807) is 48.5 Å². The number of anilines is 2. The van der Waals surface area contributed by atoms with Crippen LogP contribution in [-0.4, -0.2) is 29.6 Å². The average molecular weight is 579 g/mol. The van der Waals surface area contributed by atoms with Gasteiger partial charge >= 0.3 is 0 Å². The summed E-state index contributed by atoms with van der Waals surface area (Å²) in [6.07, 6.45) is 3.96. The Morgan fingerprint density at radius 2 is 1.61 bits per heavy atom. The molecule has 0 aromatic heterocycles. The van der Waals surface area contributed by atoms with Gasteiger partial charge in [-0.2, -0.15) is 0 Å². The molecule has 3 aliphatic rings. The van der Waals surface area contributed by atoms with Crippen molar-refractivity contribution in [1.82, 2.24) is 0 Å². The number of carbonyl (C=O) groups excluding carboxylic acids is 3. The smallest absolute Gasteiger partial charge is 0.238 e. The lowest BCUT2D eigenvalue weighted by Crippen LogP contribution is -2.51. The molecule has 0 saturated carbocycles. The maximum atomic E-state index is 14.8. The van der Waals surface area contributed by atoms with E-state index in [0.29, 0.717) is 21.8 Å². The molecule has 3 heterocycles. The van der Waals surface area contributed by atoms with Gasteiger partial charge < -0.3 is 10.2 Å². The molecule has 1 fully saturated rings. The van der Waals surface area contributed by atoms with E-state index in [-0.39, 0.29) is 28.1 Å². The molecule has 1 saturated heterocycles. The summed E-state index contributed by atoms with van der Waals surface area (Å²) >= 11 is 12.8. The minimum Gasteiger partial charge on any atom is -0.352 e. The standard InChI is InChI=1S/C34H24Cl2N2O3/c1-19-10-16-27-21(18-19)13-17-28-34(24-7-3-5-9-26(24)37-33(34)41)29(32(40)23-6-2-4-8-25(23)36)30(38(27)28)31(39)20-11-14-22(35)15-12-20/h2-18,28-30H,1H3,(H,37,41)/t28-,29+,30+,34-/m1/s1. The Balaban J connectivity index is 1.55. The van der Waals surface area contributed by atoms with Crippen molar-refractivity contribution in [2.45, 2.75) is 24.4 Å². The second-order valence-corrected chi connectivity index (χ2v) is 11.6. The SMILES string of the molecule is Cc1ccc2c(c1)C=C[C@H]1N2[C@H](C(=O)c2ccc(Cl)cc2)[C@@H](C(=O)c2ccccc2Cl)[C@]12C(=O)Nc1ccccc12. The van der Waals surface area contributed by atoms with Crippen LogP contribution in [0, 0.1) is 12.8 Å². The Labute approximate surface area is 247 Å². The van der Waals surface area contributed by atoms with Gasteiger partial charge in [0, 0.05) is 27.5 Å². The molecule has 0 radical (unpaired) electrons. The molecular formula is C34H24Cl2N2O3. The van der Waals surface area contributed by atoms with Crippen molar-refractivity contribution in [2.75, 3.05) is 10.2 Å². The first-order valence-electron chi connectivity index (χ1n) is 13.4. The number of amides is 1. The molecule has 3 aliphatic heterocycles. The molecular weight excluding hydrogens is 555 g/mol. The molecule has 5 nitrogen and oxygen atoms in total. The van der Waals surface area contributed by atoms with Crippen LogP contribution < -0.4 is 10.2 Å². The number of nitrogens with one attached hydrogen (secondary N) is 1. The van der Waals surface area contributed by atoms with Crippen LogP contribution >= 0.6 is 23.2 Å². The normalized spacial score (nSPS) is 23.6. The van der Waals surface area contributed by atoms with Gasteiger partial charge in [-0.15, -0.1) is 0 Å². The number of carbonyl (C=O) groups is 3. The van der Waals surface area contributed by atoms with Gasteiger partial charge in [0.25, 0.3) is 0 Å². The van der Waals surface area contributed by atoms with Gasteiger partial charge in [0.1, 0.15) is 11.5 Å². The molecule has 4 aromatic carbocycles. The number of halogens is 2. The number of fused-ring (bicyclic) bond motifs is 6. The lowest BCUT2D eigenvalue weighted by molar-refractivity contribution is -0.121. The van der Waals surface area contributed by atoms with E-state index in [1.165, 1.54) is 0 Å². The molecule has 1 spiro atoms. The highest BCUT2D eigenvalue weighted by Crippen LogP contribution is 2.58. The molecule has 7 heteroatoms. The van der Waals surface area contributed by atoms with E-state index in [4.69, 9.17) is 23.2 Å². The zero-order chi connectivity index (χ0) is 28.5. The summed E-state index contributed by atoms with van der Waals surface area (Å²) < 4.78 is 0. The molecule has 41 heavy (non-hydrogen) atoms. The highest BCUT2D eigenvalue weighted by Gasteiger charge is 2.70. The molecule has 4 atom stereocenters. The zero-order valence-electron chi connectivity index (χ0n) is 22.0. The number of benzene rings is 4. The summed E-state index contributed by atoms with van der Waals surface area (Å²) in [5, 5.41) is 3.81. The zero-order valence-corrected chi connectivity index (χ0v) is 23.5. The monoisotopic (exact) mass is 578 g/mol. The van der Waals surface area contributed by atoms with Crippen LogP contribution in [0.4, 0.5) is 11.4 Å². The molecule has 1 N–H and O–H groups in total. The maximum Gasteiger partial charge on any atom is 0.238 e. The van der Waals surface area contributed by atoms with E-state index in [1.807, 2.05) is 66.4 Å². The fourth-order valence-corrected chi connectivity index (χ4v) is 7.27. The number of hydrogen-bond donors (Lipinski definition) is 1. The van der Waals surface area contributed by atoms with Crippen molar-refractivity contribution in [1.29, 1.82) is 0 Å². The first-order valence-corrected chi connectivity index (χ1v) is 14.1. The summed E-state index contributed by atoms with van der Waals surface area (Å²) in [6, 6.07) is 25.3. The van der Waals surface area contributed by atoms with Crippen molar-refractivity contribution in [3.63, 3.8) is 0 Å². The third-order valence-corrected chi connectivity index (χ3v) is 9.19. The van der Waals surface area contributed by atoms with Gasteiger partial charge in [0.2, 0.25) is 5.91 Å². The number of hydrogen-bond acceptors (Lipinski definition) is 4. The largest absolute Gasteiger partial charge is 0.352 e. The Morgan fingerprint density at radius 1 is 0.878 bits per heavy atom. The van der Waals surface area contributed by atoms with Crippen LogP contribution in [0.5, 0.6) is 0 Å². The van der Waals surface area contributed by atoms with Crippen LogP contribution in [0.25, 0.3) is 6.08 Å². The molecule has 0 unspecified atom stereocenters. The Morgan fingerprint density at radius 3 is 2.39 bits per heavy atom. The van der Waals surface area contributed by atoms with Crippen molar-refractivity contribution in [2.24, 2.45) is 5.92 Å². The van der Waals surface area contributed by atoms with E-state index >= 15 is 0 Å². The van der Waals surface area contributed by atoms with Crippen LogP contribution in [0.15, 0.2) is 97.1 Å². The van der Waals surface area contributed by atoms with Crippen LogP contribution in [0.2, 0.25) is 10.0 Å². The molecule has 7 rings (SSSR count). The van der Waals surface area contributed by atoms with E-state index in [0.717, 1.165) is 16.8 Å². The van der Waals surface area contributed by atoms with Crippen molar-refractivity contribution >= 4 is 58.1 Å². The number of para-hydroxylation sites is 1. The maximum absolute atomic E-state index is 14.8. The number of Topliss-reactive ketones (excluding diaryl/α,β-unsaturated/α-hetero) is 2. The first kappa shape index (κ1) is 25.8. The molecule has 0 aliphatic carbocycles. The summed E-state index contributed by atoms with van der Waals surface area (Å²) in [5.41, 5.74) is 3.39. The lowest BCUT2D eigenvalue weighted by Gasteiger charge is -2.37. The predicted octanol–water partition coefficient (Wildman–Crippen LogP) is 7.16. The van der Waals surface area contributed by atoms with Crippen LogP contribution in [0.1, 0.15) is 37.4 Å². The number of nitrogens with zero attached hydrogens (tertiary/aromatic N) is 1. The van der Waals surface area contributed by atoms with Crippen molar-refractivity contribution in [3.05, 3.63) is 135 Å². The molecule has 0 bridgehead atoms. The Bertz CT molecular complexity index is 1800. The Hall–Kier alpha value is -4.19. The highest BCUT2D eigenvalue weighted by atomic mass is 35.5.